The Morgan fingerprint density at radius 2 is 2.27 bits per heavy atom. The van der Waals surface area contributed by atoms with Crippen molar-refractivity contribution in [2.75, 3.05) is 19.7 Å². The summed E-state index contributed by atoms with van der Waals surface area (Å²) in [6.45, 7) is 3.83. The summed E-state index contributed by atoms with van der Waals surface area (Å²) >= 11 is 0. The van der Waals surface area contributed by atoms with E-state index < -0.39 is 0 Å². The fraction of sp³-hybridized carbons (Fsp3) is 1.00. The minimum Gasteiger partial charge on any atom is -0.395 e. The molecule has 0 aromatic rings. The Bertz CT molecular complexity index is 78.5. The average molecular weight is 160 g/mol. The summed E-state index contributed by atoms with van der Waals surface area (Å²) in [6.07, 6.45) is 3.48. The second-order valence-corrected chi connectivity index (χ2v) is 2.83. The van der Waals surface area contributed by atoms with Gasteiger partial charge in [0.15, 0.2) is 0 Å². The second-order valence-electron chi connectivity index (χ2n) is 2.83. The lowest BCUT2D eigenvalue weighted by molar-refractivity contribution is 0.290. The first-order valence-corrected chi connectivity index (χ1v) is 4.38. The molecule has 68 valence electrons. The molecule has 0 radical (unpaired) electrons. The smallest absolute Gasteiger partial charge is 0.0555 e. The standard InChI is InChI=1S/C8H20N2O/c1-2-3-4-8(9)7-10-5-6-11/h8,10-11H,2-7,9H2,1H3. The molecule has 0 spiro atoms. The van der Waals surface area contributed by atoms with Gasteiger partial charge in [-0.1, -0.05) is 19.8 Å². The minimum absolute atomic E-state index is 0.195. The predicted molar refractivity (Wildman–Crippen MR) is 47.5 cm³/mol. The molecule has 0 aliphatic heterocycles. The van der Waals surface area contributed by atoms with Crippen molar-refractivity contribution in [2.24, 2.45) is 5.73 Å². The number of aliphatic hydroxyl groups excluding tert-OH is 1. The van der Waals surface area contributed by atoms with E-state index in [1.165, 1.54) is 12.8 Å². The lowest BCUT2D eigenvalue weighted by Crippen LogP contribution is -2.35. The van der Waals surface area contributed by atoms with Crippen LogP contribution in [-0.2, 0) is 0 Å². The molecule has 0 heterocycles. The van der Waals surface area contributed by atoms with Crippen LogP contribution in [0.15, 0.2) is 0 Å². The van der Waals surface area contributed by atoms with Crippen LogP contribution < -0.4 is 11.1 Å². The van der Waals surface area contributed by atoms with Gasteiger partial charge >= 0.3 is 0 Å². The number of nitrogens with two attached hydrogens (primary N) is 1. The molecule has 4 N–H and O–H groups in total. The molecule has 0 aromatic heterocycles. The Kier molecular flexibility index (Phi) is 7.89. The summed E-state index contributed by atoms with van der Waals surface area (Å²) in [6, 6.07) is 0.251. The van der Waals surface area contributed by atoms with Gasteiger partial charge in [0.25, 0.3) is 0 Å². The molecule has 3 heteroatoms. The van der Waals surface area contributed by atoms with E-state index >= 15 is 0 Å². The molecule has 0 amide bonds. The van der Waals surface area contributed by atoms with Crippen molar-refractivity contribution in [3.63, 3.8) is 0 Å². The van der Waals surface area contributed by atoms with Gasteiger partial charge in [0.2, 0.25) is 0 Å². The normalized spacial score (nSPS) is 13.4. The van der Waals surface area contributed by atoms with E-state index in [9.17, 15) is 0 Å². The number of aliphatic hydroxyl groups is 1. The van der Waals surface area contributed by atoms with E-state index in [0.29, 0.717) is 6.54 Å². The van der Waals surface area contributed by atoms with Gasteiger partial charge in [0.1, 0.15) is 0 Å². The van der Waals surface area contributed by atoms with E-state index in [-0.39, 0.29) is 12.6 Å². The predicted octanol–water partition coefficient (Wildman–Crippen LogP) is 0.0858. The summed E-state index contributed by atoms with van der Waals surface area (Å²) in [5.74, 6) is 0. The van der Waals surface area contributed by atoms with Gasteiger partial charge in [-0.05, 0) is 6.42 Å². The number of unbranched alkanes of at least 4 members (excludes halogenated alkanes) is 1. The Labute approximate surface area is 69.0 Å². The Morgan fingerprint density at radius 1 is 1.55 bits per heavy atom. The van der Waals surface area contributed by atoms with E-state index in [1.54, 1.807) is 0 Å². The molecule has 0 aromatic carbocycles. The fourth-order valence-corrected chi connectivity index (χ4v) is 0.935. The van der Waals surface area contributed by atoms with E-state index in [1.807, 2.05) is 0 Å². The number of rotatable bonds is 7. The van der Waals surface area contributed by atoms with Crippen LogP contribution in [-0.4, -0.2) is 30.8 Å². The summed E-state index contributed by atoms with van der Waals surface area (Å²) in [5, 5.41) is 11.5. The maximum Gasteiger partial charge on any atom is 0.0555 e. The van der Waals surface area contributed by atoms with E-state index in [4.69, 9.17) is 10.8 Å². The largest absolute Gasteiger partial charge is 0.395 e. The fourth-order valence-electron chi connectivity index (χ4n) is 0.935. The van der Waals surface area contributed by atoms with Crippen molar-refractivity contribution >= 4 is 0 Å². The minimum atomic E-state index is 0.195. The van der Waals surface area contributed by atoms with Crippen molar-refractivity contribution in [2.45, 2.75) is 32.2 Å². The third-order valence-electron chi connectivity index (χ3n) is 1.62. The molecule has 3 nitrogen and oxygen atoms in total. The quantitative estimate of drug-likeness (QED) is 0.462. The van der Waals surface area contributed by atoms with Crippen molar-refractivity contribution in [3.05, 3.63) is 0 Å². The molecule has 0 aliphatic rings. The van der Waals surface area contributed by atoms with Gasteiger partial charge in [-0.2, -0.15) is 0 Å². The van der Waals surface area contributed by atoms with Crippen molar-refractivity contribution < 1.29 is 5.11 Å². The molecule has 0 rings (SSSR count). The molecule has 0 saturated heterocycles. The summed E-state index contributed by atoms with van der Waals surface area (Å²) in [4.78, 5) is 0. The molecule has 1 atom stereocenters. The van der Waals surface area contributed by atoms with Gasteiger partial charge in [-0.15, -0.1) is 0 Å². The summed E-state index contributed by atoms with van der Waals surface area (Å²) in [7, 11) is 0. The summed E-state index contributed by atoms with van der Waals surface area (Å²) in [5.41, 5.74) is 5.76. The van der Waals surface area contributed by atoms with Gasteiger partial charge in [0, 0.05) is 19.1 Å². The number of hydrogen-bond donors (Lipinski definition) is 3. The van der Waals surface area contributed by atoms with Gasteiger partial charge in [-0.3, -0.25) is 0 Å². The number of nitrogens with one attached hydrogen (secondary N) is 1. The van der Waals surface area contributed by atoms with Crippen LogP contribution in [0.4, 0.5) is 0 Å². The van der Waals surface area contributed by atoms with E-state index in [0.717, 1.165) is 13.0 Å². The van der Waals surface area contributed by atoms with Gasteiger partial charge in [-0.25, -0.2) is 0 Å². The van der Waals surface area contributed by atoms with Crippen molar-refractivity contribution in [1.29, 1.82) is 0 Å². The van der Waals surface area contributed by atoms with Crippen molar-refractivity contribution in [3.8, 4) is 0 Å². The Morgan fingerprint density at radius 3 is 2.82 bits per heavy atom. The maximum absolute atomic E-state index is 8.45. The SMILES string of the molecule is CCCCC(N)CNCCO. The zero-order valence-corrected chi connectivity index (χ0v) is 7.34. The zero-order chi connectivity index (χ0) is 8.53. The first-order valence-electron chi connectivity index (χ1n) is 4.38. The molecular formula is C8H20N2O. The maximum atomic E-state index is 8.45. The second kappa shape index (κ2) is 7.98. The molecule has 0 aliphatic carbocycles. The topological polar surface area (TPSA) is 58.3 Å². The highest BCUT2D eigenvalue weighted by Gasteiger charge is 1.99. The van der Waals surface area contributed by atoms with Gasteiger partial charge < -0.3 is 16.2 Å². The van der Waals surface area contributed by atoms with Crippen molar-refractivity contribution in [1.82, 2.24) is 5.32 Å². The van der Waals surface area contributed by atoms with Crippen LogP contribution in [0.1, 0.15) is 26.2 Å². The zero-order valence-electron chi connectivity index (χ0n) is 7.34. The van der Waals surface area contributed by atoms with Gasteiger partial charge in [0.05, 0.1) is 6.61 Å². The lowest BCUT2D eigenvalue weighted by Gasteiger charge is -2.10. The van der Waals surface area contributed by atoms with Crippen LogP contribution in [0.5, 0.6) is 0 Å². The summed E-state index contributed by atoms with van der Waals surface area (Å²) < 4.78 is 0. The van der Waals surface area contributed by atoms with Crippen LogP contribution in [0.3, 0.4) is 0 Å². The van der Waals surface area contributed by atoms with Crippen LogP contribution in [0.25, 0.3) is 0 Å². The monoisotopic (exact) mass is 160 g/mol. The highest BCUT2D eigenvalue weighted by atomic mass is 16.3. The number of hydrogen-bond acceptors (Lipinski definition) is 3. The lowest BCUT2D eigenvalue weighted by atomic mass is 10.1. The third kappa shape index (κ3) is 7.78. The molecule has 11 heavy (non-hydrogen) atoms. The first kappa shape index (κ1) is 10.9. The molecular weight excluding hydrogens is 140 g/mol. The Balaban J connectivity index is 3.02. The van der Waals surface area contributed by atoms with Crippen LogP contribution >= 0.6 is 0 Å². The third-order valence-corrected chi connectivity index (χ3v) is 1.62. The average Bonchev–Trinajstić information content (AvgIpc) is 2.01. The molecule has 0 fully saturated rings. The molecule has 0 saturated carbocycles. The first-order chi connectivity index (χ1) is 5.31. The Hall–Kier alpha value is -0.120. The van der Waals surface area contributed by atoms with Crippen LogP contribution in [0, 0.1) is 0 Å². The van der Waals surface area contributed by atoms with Crippen LogP contribution in [0.2, 0.25) is 0 Å². The molecule has 0 bridgehead atoms. The molecule has 1 unspecified atom stereocenters. The highest BCUT2D eigenvalue weighted by molar-refractivity contribution is 4.63. The highest BCUT2D eigenvalue weighted by Crippen LogP contribution is 1.96. The van der Waals surface area contributed by atoms with E-state index in [2.05, 4.69) is 12.2 Å².